The molecular weight excluding hydrogens is 395 g/mol. The van der Waals surface area contributed by atoms with Gasteiger partial charge in [0.25, 0.3) is 0 Å². The zero-order valence-corrected chi connectivity index (χ0v) is 15.7. The summed E-state index contributed by atoms with van der Waals surface area (Å²) in [5.74, 6) is 0. The maximum absolute atomic E-state index is 12.7. The molecule has 2 rings (SSSR count). The normalized spacial score (nSPS) is 18.2. The lowest BCUT2D eigenvalue weighted by molar-refractivity contribution is -0.137. The summed E-state index contributed by atoms with van der Waals surface area (Å²) < 4.78 is 88.9. The van der Waals surface area contributed by atoms with E-state index in [1.807, 2.05) is 4.90 Å². The van der Waals surface area contributed by atoms with Crippen molar-refractivity contribution in [3.63, 3.8) is 0 Å². The van der Waals surface area contributed by atoms with Gasteiger partial charge in [-0.2, -0.15) is 17.5 Å². The second-order valence-electron chi connectivity index (χ2n) is 5.93. The molecule has 148 valence electrons. The Morgan fingerprint density at radius 2 is 1.69 bits per heavy atom. The molecule has 1 aromatic rings. The lowest BCUT2D eigenvalue weighted by atomic mass is 10.2. The predicted octanol–water partition coefficient (Wildman–Crippen LogP) is 0.561. The first-order valence-corrected chi connectivity index (χ1v) is 11.1. The summed E-state index contributed by atoms with van der Waals surface area (Å²) in [5.41, 5.74) is -1.03. The molecule has 0 unspecified atom stereocenters. The molecule has 0 atom stereocenters. The van der Waals surface area contributed by atoms with E-state index < -0.39 is 36.7 Å². The van der Waals surface area contributed by atoms with E-state index in [2.05, 4.69) is 4.72 Å². The minimum absolute atomic E-state index is 0.0114. The minimum Gasteiger partial charge on any atom is -0.299 e. The molecule has 1 N–H and O–H groups in total. The number of nitrogens with zero attached hydrogens (tertiary/aromatic N) is 2. The number of benzene rings is 1. The van der Waals surface area contributed by atoms with Gasteiger partial charge in [0.2, 0.25) is 20.0 Å². The van der Waals surface area contributed by atoms with E-state index in [1.165, 1.54) is 4.31 Å². The highest BCUT2D eigenvalue weighted by Crippen LogP contribution is 2.30. The number of alkyl halides is 3. The molecule has 0 aromatic heterocycles. The lowest BCUT2D eigenvalue weighted by Crippen LogP contribution is -2.49. The Hall–Kier alpha value is -1.21. The molecule has 0 spiro atoms. The largest absolute Gasteiger partial charge is 0.416 e. The third-order valence-corrected chi connectivity index (χ3v) is 6.75. The molecular formula is C14H20F3N3O4S2. The van der Waals surface area contributed by atoms with Crippen molar-refractivity contribution in [3.8, 4) is 0 Å². The van der Waals surface area contributed by atoms with E-state index in [4.69, 9.17) is 0 Å². The topological polar surface area (TPSA) is 86.8 Å². The van der Waals surface area contributed by atoms with Gasteiger partial charge in [0.05, 0.1) is 16.7 Å². The summed E-state index contributed by atoms with van der Waals surface area (Å²) in [6.45, 7) is 1.89. The maximum atomic E-state index is 12.7. The summed E-state index contributed by atoms with van der Waals surface area (Å²) in [6, 6.07) is 3.54. The molecule has 1 aromatic carbocycles. The van der Waals surface area contributed by atoms with Crippen molar-refractivity contribution in [1.29, 1.82) is 0 Å². The van der Waals surface area contributed by atoms with Crippen LogP contribution in [-0.4, -0.2) is 71.6 Å². The highest BCUT2D eigenvalue weighted by Gasteiger charge is 2.31. The predicted molar refractivity (Wildman–Crippen MR) is 89.5 cm³/mol. The van der Waals surface area contributed by atoms with Gasteiger partial charge in [-0.3, -0.25) is 4.90 Å². The van der Waals surface area contributed by atoms with E-state index in [0.717, 1.165) is 24.5 Å². The summed E-state index contributed by atoms with van der Waals surface area (Å²) >= 11 is 0. The van der Waals surface area contributed by atoms with Crippen LogP contribution in [0.4, 0.5) is 13.2 Å². The van der Waals surface area contributed by atoms with Gasteiger partial charge in [0.1, 0.15) is 0 Å². The van der Waals surface area contributed by atoms with E-state index >= 15 is 0 Å². The molecule has 7 nitrogen and oxygen atoms in total. The van der Waals surface area contributed by atoms with Crippen LogP contribution < -0.4 is 4.72 Å². The first kappa shape index (κ1) is 21.1. The summed E-state index contributed by atoms with van der Waals surface area (Å²) in [4.78, 5) is 1.44. The Balaban J connectivity index is 1.90. The number of halogens is 3. The molecule has 12 heteroatoms. The van der Waals surface area contributed by atoms with Crippen molar-refractivity contribution in [3.05, 3.63) is 29.8 Å². The van der Waals surface area contributed by atoms with Crippen molar-refractivity contribution in [1.82, 2.24) is 13.9 Å². The average molecular weight is 415 g/mol. The zero-order valence-electron chi connectivity index (χ0n) is 14.0. The third-order valence-electron chi connectivity index (χ3n) is 3.99. The quantitative estimate of drug-likeness (QED) is 0.734. The second-order valence-corrected chi connectivity index (χ2v) is 9.68. The van der Waals surface area contributed by atoms with Crippen LogP contribution in [0, 0.1) is 0 Å². The van der Waals surface area contributed by atoms with Crippen LogP contribution in [0.5, 0.6) is 0 Å². The Bertz CT molecular complexity index is 833. The number of nitrogens with one attached hydrogen (secondary N) is 1. The number of piperazine rings is 1. The number of hydrogen-bond acceptors (Lipinski definition) is 5. The van der Waals surface area contributed by atoms with E-state index in [9.17, 15) is 30.0 Å². The Labute approximate surface area is 150 Å². The molecule has 26 heavy (non-hydrogen) atoms. The number of hydrogen-bond donors (Lipinski definition) is 1. The van der Waals surface area contributed by atoms with Crippen molar-refractivity contribution < 1.29 is 30.0 Å². The van der Waals surface area contributed by atoms with E-state index in [1.54, 1.807) is 0 Å². The van der Waals surface area contributed by atoms with Crippen molar-refractivity contribution in [2.24, 2.45) is 0 Å². The summed E-state index contributed by atoms with van der Waals surface area (Å²) in [6.07, 6.45) is -3.49. The van der Waals surface area contributed by atoms with Crippen LogP contribution in [0.3, 0.4) is 0 Å². The second kappa shape index (κ2) is 7.80. The van der Waals surface area contributed by atoms with Crippen LogP contribution in [0.2, 0.25) is 0 Å². The Morgan fingerprint density at radius 1 is 1.08 bits per heavy atom. The smallest absolute Gasteiger partial charge is 0.299 e. The van der Waals surface area contributed by atoms with Gasteiger partial charge in [-0.1, -0.05) is 6.07 Å². The highest BCUT2D eigenvalue weighted by atomic mass is 32.2. The fourth-order valence-electron chi connectivity index (χ4n) is 2.55. The monoisotopic (exact) mass is 415 g/mol. The molecule has 0 aliphatic carbocycles. The third kappa shape index (κ3) is 5.64. The fraction of sp³-hybridized carbons (Fsp3) is 0.571. The first-order valence-electron chi connectivity index (χ1n) is 7.74. The first-order chi connectivity index (χ1) is 11.9. The van der Waals surface area contributed by atoms with Gasteiger partial charge < -0.3 is 0 Å². The Morgan fingerprint density at radius 3 is 2.23 bits per heavy atom. The van der Waals surface area contributed by atoms with Crippen molar-refractivity contribution in [2.45, 2.75) is 11.1 Å². The van der Waals surface area contributed by atoms with Gasteiger partial charge in [-0.05, 0) is 18.2 Å². The number of rotatable bonds is 6. The standard InChI is InChI=1S/C14H20F3N3O4S2/c1-25(21,22)20-9-7-19(8-10-20)6-5-18-26(23,24)13-4-2-3-12(11-13)14(15,16)17/h2-4,11,18H,5-10H2,1H3. The van der Waals surface area contributed by atoms with Gasteiger partial charge >= 0.3 is 6.18 Å². The molecule has 1 heterocycles. The zero-order chi connectivity index (χ0) is 19.6. The van der Waals surface area contributed by atoms with Gasteiger partial charge in [-0.15, -0.1) is 0 Å². The van der Waals surface area contributed by atoms with Crippen LogP contribution in [0.25, 0.3) is 0 Å². The average Bonchev–Trinajstić information content (AvgIpc) is 2.54. The molecule has 0 amide bonds. The van der Waals surface area contributed by atoms with E-state index in [0.29, 0.717) is 38.8 Å². The molecule has 0 radical (unpaired) electrons. The molecule has 0 saturated carbocycles. The summed E-state index contributed by atoms with van der Waals surface area (Å²) in [5, 5.41) is 0. The molecule has 1 fully saturated rings. The van der Waals surface area contributed by atoms with Crippen molar-refractivity contribution >= 4 is 20.0 Å². The van der Waals surface area contributed by atoms with E-state index in [-0.39, 0.29) is 6.54 Å². The Kier molecular flexibility index (Phi) is 6.33. The van der Waals surface area contributed by atoms with Crippen LogP contribution >= 0.6 is 0 Å². The molecule has 1 aliphatic heterocycles. The van der Waals surface area contributed by atoms with Crippen LogP contribution in [-0.2, 0) is 26.2 Å². The molecule has 1 saturated heterocycles. The summed E-state index contributed by atoms with van der Waals surface area (Å²) in [7, 11) is -7.30. The maximum Gasteiger partial charge on any atom is 0.416 e. The van der Waals surface area contributed by atoms with Crippen molar-refractivity contribution in [2.75, 3.05) is 45.5 Å². The SMILES string of the molecule is CS(=O)(=O)N1CCN(CCNS(=O)(=O)c2cccc(C(F)(F)F)c2)CC1. The molecule has 0 bridgehead atoms. The minimum atomic E-state index is -4.62. The lowest BCUT2D eigenvalue weighted by Gasteiger charge is -2.33. The van der Waals surface area contributed by atoms with Gasteiger partial charge in [0.15, 0.2) is 0 Å². The van der Waals surface area contributed by atoms with Crippen LogP contribution in [0.1, 0.15) is 5.56 Å². The number of sulfonamides is 2. The van der Waals surface area contributed by atoms with Gasteiger partial charge in [-0.25, -0.2) is 21.6 Å². The fourth-order valence-corrected chi connectivity index (χ4v) is 4.44. The van der Waals surface area contributed by atoms with Crippen LogP contribution in [0.15, 0.2) is 29.2 Å². The van der Waals surface area contributed by atoms with Gasteiger partial charge in [0, 0.05) is 39.3 Å². The molecule has 1 aliphatic rings. The highest BCUT2D eigenvalue weighted by molar-refractivity contribution is 7.89.